The molecule has 20 heavy (non-hydrogen) atoms. The normalized spacial score (nSPS) is 13.5. The first-order valence-corrected chi connectivity index (χ1v) is 7.81. The summed E-state index contributed by atoms with van der Waals surface area (Å²) in [4.78, 5) is 2.80. The van der Waals surface area contributed by atoms with Crippen LogP contribution in [0, 0.1) is 13.8 Å². The van der Waals surface area contributed by atoms with Gasteiger partial charge in [0.2, 0.25) is 0 Å². The Hall–Kier alpha value is -1.52. The first-order valence-electron chi connectivity index (χ1n) is 6.99. The van der Waals surface area contributed by atoms with Gasteiger partial charge in [-0.3, -0.25) is 0 Å². The Balaban J connectivity index is 1.64. The van der Waals surface area contributed by atoms with Crippen LogP contribution in [-0.4, -0.2) is 13.2 Å². The number of hydrogen-bond donors (Lipinski definition) is 2. The number of ether oxygens (including phenoxy) is 1. The molecule has 0 saturated heterocycles. The van der Waals surface area contributed by atoms with E-state index >= 15 is 0 Å². The Kier molecular flexibility index (Phi) is 3.94. The van der Waals surface area contributed by atoms with Crippen LogP contribution in [0.25, 0.3) is 0 Å². The summed E-state index contributed by atoms with van der Waals surface area (Å²) in [6.45, 7) is 7.72. The minimum Gasteiger partial charge on any atom is -0.489 e. The van der Waals surface area contributed by atoms with E-state index in [-0.39, 0.29) is 0 Å². The van der Waals surface area contributed by atoms with E-state index in [1.54, 1.807) is 0 Å². The van der Waals surface area contributed by atoms with Crippen LogP contribution in [0.3, 0.4) is 0 Å². The highest BCUT2D eigenvalue weighted by Gasteiger charge is 2.13. The van der Waals surface area contributed by atoms with Gasteiger partial charge in [0, 0.05) is 35.0 Å². The van der Waals surface area contributed by atoms with Crippen molar-refractivity contribution < 1.29 is 4.74 Å². The van der Waals surface area contributed by atoms with Crippen molar-refractivity contribution in [2.24, 2.45) is 0 Å². The smallest absolute Gasteiger partial charge is 0.146 e. The van der Waals surface area contributed by atoms with Gasteiger partial charge in [-0.2, -0.15) is 0 Å². The molecule has 0 bridgehead atoms. The number of anilines is 1. The van der Waals surface area contributed by atoms with Gasteiger partial charge in [-0.1, -0.05) is 12.1 Å². The van der Waals surface area contributed by atoms with Crippen molar-refractivity contribution in [2.45, 2.75) is 26.9 Å². The maximum absolute atomic E-state index is 5.78. The summed E-state index contributed by atoms with van der Waals surface area (Å²) in [5, 5.41) is 6.88. The third-order valence-corrected chi connectivity index (χ3v) is 4.74. The number of para-hydroxylation sites is 1. The first-order chi connectivity index (χ1) is 9.74. The van der Waals surface area contributed by atoms with Crippen LogP contribution < -0.4 is 15.4 Å². The maximum Gasteiger partial charge on any atom is 0.146 e. The summed E-state index contributed by atoms with van der Waals surface area (Å²) < 4.78 is 5.78. The van der Waals surface area contributed by atoms with Gasteiger partial charge >= 0.3 is 0 Å². The molecule has 0 fully saturated rings. The molecule has 2 N–H and O–H groups in total. The molecular formula is C16H20N2OS. The van der Waals surface area contributed by atoms with E-state index in [0.717, 1.165) is 37.7 Å². The summed E-state index contributed by atoms with van der Waals surface area (Å²) in [6, 6.07) is 8.55. The van der Waals surface area contributed by atoms with Crippen molar-refractivity contribution in [3.63, 3.8) is 0 Å². The van der Waals surface area contributed by atoms with Crippen LogP contribution >= 0.6 is 11.3 Å². The lowest BCUT2D eigenvalue weighted by Crippen LogP contribution is -2.20. The second-order valence-corrected chi connectivity index (χ2v) is 6.47. The second-order valence-electron chi connectivity index (χ2n) is 5.12. The third-order valence-electron chi connectivity index (χ3n) is 3.59. The highest BCUT2D eigenvalue weighted by molar-refractivity contribution is 7.12. The van der Waals surface area contributed by atoms with E-state index in [1.807, 2.05) is 11.3 Å². The molecule has 0 amide bonds. The number of rotatable bonds is 4. The number of hydrogen-bond acceptors (Lipinski definition) is 4. The van der Waals surface area contributed by atoms with E-state index in [1.165, 1.54) is 20.9 Å². The van der Waals surface area contributed by atoms with E-state index < -0.39 is 0 Å². The number of aryl methyl sites for hydroxylation is 2. The van der Waals surface area contributed by atoms with Crippen molar-refractivity contribution >= 4 is 17.0 Å². The summed E-state index contributed by atoms with van der Waals surface area (Å²) in [5.74, 6) is 1.00. The third kappa shape index (κ3) is 2.81. The molecule has 0 atom stereocenters. The Morgan fingerprint density at radius 2 is 2.20 bits per heavy atom. The minimum absolute atomic E-state index is 0.743. The Bertz CT molecular complexity index is 587. The van der Waals surface area contributed by atoms with Gasteiger partial charge in [0.25, 0.3) is 0 Å². The Morgan fingerprint density at radius 1 is 1.30 bits per heavy atom. The van der Waals surface area contributed by atoms with E-state index in [9.17, 15) is 0 Å². The molecule has 106 valence electrons. The van der Waals surface area contributed by atoms with E-state index in [4.69, 9.17) is 4.74 Å². The lowest BCUT2D eigenvalue weighted by atomic mass is 10.1. The average molecular weight is 288 g/mol. The average Bonchev–Trinajstić information content (AvgIpc) is 2.78. The molecule has 3 nitrogen and oxygen atoms in total. The molecule has 0 radical (unpaired) electrons. The maximum atomic E-state index is 5.78. The van der Waals surface area contributed by atoms with Crippen LogP contribution in [0.4, 0.5) is 5.69 Å². The fourth-order valence-corrected chi connectivity index (χ4v) is 3.45. The monoisotopic (exact) mass is 288 g/mol. The molecule has 0 saturated carbocycles. The number of benzene rings is 1. The Morgan fingerprint density at radius 3 is 3.00 bits per heavy atom. The molecule has 1 aliphatic rings. The fraction of sp³-hybridized carbons (Fsp3) is 0.375. The molecule has 0 unspecified atom stereocenters. The van der Waals surface area contributed by atoms with Gasteiger partial charge < -0.3 is 15.4 Å². The molecule has 3 rings (SSSR count). The molecule has 1 aliphatic heterocycles. The second kappa shape index (κ2) is 5.85. The number of thiophene rings is 1. The molecular weight excluding hydrogens is 268 g/mol. The predicted molar refractivity (Wildman–Crippen MR) is 84.8 cm³/mol. The molecule has 2 heterocycles. The number of nitrogens with one attached hydrogen (secondary N) is 2. The molecule has 4 heteroatoms. The van der Waals surface area contributed by atoms with Crippen molar-refractivity contribution in [1.82, 2.24) is 5.32 Å². The number of fused-ring (bicyclic) bond motifs is 1. The van der Waals surface area contributed by atoms with E-state index in [2.05, 4.69) is 48.7 Å². The van der Waals surface area contributed by atoms with Gasteiger partial charge in [-0.05, 0) is 31.5 Å². The summed E-state index contributed by atoms with van der Waals surface area (Å²) >= 11 is 1.87. The lowest BCUT2D eigenvalue weighted by molar-refractivity contribution is 0.319. The molecule has 1 aromatic carbocycles. The topological polar surface area (TPSA) is 33.3 Å². The lowest BCUT2D eigenvalue weighted by Gasteiger charge is -2.21. The zero-order valence-electron chi connectivity index (χ0n) is 12.0. The van der Waals surface area contributed by atoms with Gasteiger partial charge in [-0.15, -0.1) is 11.3 Å². The highest BCUT2D eigenvalue weighted by Crippen LogP contribution is 2.31. The summed E-state index contributed by atoms with van der Waals surface area (Å²) in [5.41, 5.74) is 3.72. The van der Waals surface area contributed by atoms with Crippen LogP contribution in [0.1, 0.15) is 20.9 Å². The van der Waals surface area contributed by atoms with Crippen LogP contribution in [0.5, 0.6) is 5.75 Å². The zero-order valence-corrected chi connectivity index (χ0v) is 12.8. The standard InChI is InChI=1S/C16H20N2OS/c1-11-8-14(20-12(11)2)10-17-9-13-4-3-5-15-16(13)19-7-6-18-15/h3-5,8,17-18H,6-7,9-10H2,1-2H3. The highest BCUT2D eigenvalue weighted by atomic mass is 32.1. The van der Waals surface area contributed by atoms with Crippen LogP contribution in [-0.2, 0) is 13.1 Å². The van der Waals surface area contributed by atoms with Crippen molar-refractivity contribution in [3.8, 4) is 5.75 Å². The van der Waals surface area contributed by atoms with Crippen molar-refractivity contribution in [3.05, 3.63) is 45.1 Å². The predicted octanol–water partition coefficient (Wildman–Crippen LogP) is 3.46. The minimum atomic E-state index is 0.743. The van der Waals surface area contributed by atoms with Gasteiger partial charge in [0.05, 0.1) is 5.69 Å². The van der Waals surface area contributed by atoms with Crippen molar-refractivity contribution in [1.29, 1.82) is 0 Å². The molecule has 1 aromatic heterocycles. The quantitative estimate of drug-likeness (QED) is 0.904. The summed E-state index contributed by atoms with van der Waals surface area (Å²) in [7, 11) is 0. The van der Waals surface area contributed by atoms with E-state index in [0.29, 0.717) is 0 Å². The largest absolute Gasteiger partial charge is 0.489 e. The SMILES string of the molecule is Cc1cc(CNCc2cccc3c2OCCN3)sc1C. The molecule has 0 aliphatic carbocycles. The van der Waals surface area contributed by atoms with Gasteiger partial charge in [0.1, 0.15) is 12.4 Å². The molecule has 2 aromatic rings. The van der Waals surface area contributed by atoms with Crippen molar-refractivity contribution in [2.75, 3.05) is 18.5 Å². The van der Waals surface area contributed by atoms with Gasteiger partial charge in [0.15, 0.2) is 0 Å². The molecule has 0 spiro atoms. The summed E-state index contributed by atoms with van der Waals surface area (Å²) in [6.07, 6.45) is 0. The van der Waals surface area contributed by atoms with Crippen LogP contribution in [0.15, 0.2) is 24.3 Å². The van der Waals surface area contributed by atoms with Crippen LogP contribution in [0.2, 0.25) is 0 Å². The van der Waals surface area contributed by atoms with Gasteiger partial charge in [-0.25, -0.2) is 0 Å². The Labute approximate surface area is 124 Å². The first kappa shape index (κ1) is 13.5. The fourth-order valence-electron chi connectivity index (χ4n) is 2.43. The zero-order chi connectivity index (χ0) is 13.9.